The predicted molar refractivity (Wildman–Crippen MR) is 111 cm³/mol. The van der Waals surface area contributed by atoms with Gasteiger partial charge in [-0.3, -0.25) is 10.1 Å². The topological polar surface area (TPSA) is 76.7 Å². The van der Waals surface area contributed by atoms with Gasteiger partial charge in [0.05, 0.1) is 12.6 Å². The zero-order valence-corrected chi connectivity index (χ0v) is 17.6. The van der Waals surface area contributed by atoms with Gasteiger partial charge in [0.2, 0.25) is 0 Å². The molecule has 2 amide bonds. The number of rotatable bonds is 3. The van der Waals surface area contributed by atoms with Crippen molar-refractivity contribution in [2.45, 2.75) is 38.8 Å². The molecule has 1 heterocycles. The third kappa shape index (κ3) is 5.25. The molecule has 0 saturated carbocycles. The summed E-state index contributed by atoms with van der Waals surface area (Å²) in [5.74, 6) is 0.610. The van der Waals surface area contributed by atoms with E-state index in [1.54, 1.807) is 45.0 Å². The average molecular weight is 447 g/mol. The largest absolute Gasteiger partial charge is 0.493 e. The minimum Gasteiger partial charge on any atom is -0.493 e. The third-order valence-corrected chi connectivity index (χ3v) is 4.60. The number of anilines is 1. The van der Waals surface area contributed by atoms with Crippen LogP contribution >= 0.6 is 15.9 Å². The Morgan fingerprint density at radius 1 is 1.14 bits per heavy atom. The number of hydrogen-bond donors (Lipinski definition) is 2. The molecule has 0 radical (unpaired) electrons. The summed E-state index contributed by atoms with van der Waals surface area (Å²) in [4.78, 5) is 24.5. The molecule has 0 fully saturated rings. The second kappa shape index (κ2) is 8.22. The quantitative estimate of drug-likeness (QED) is 0.691. The maximum Gasteiger partial charge on any atom is 0.412 e. The maximum absolute atomic E-state index is 12.7. The molecule has 2 N–H and O–H groups in total. The van der Waals surface area contributed by atoms with E-state index in [0.29, 0.717) is 24.3 Å². The van der Waals surface area contributed by atoms with Crippen LogP contribution in [0, 0.1) is 0 Å². The first-order valence-corrected chi connectivity index (χ1v) is 9.84. The van der Waals surface area contributed by atoms with E-state index in [-0.39, 0.29) is 11.9 Å². The van der Waals surface area contributed by atoms with Gasteiger partial charge in [-0.1, -0.05) is 15.9 Å². The standard InChI is InChI=1S/C21H23BrN2O4/c1-21(2,3)28-20(26)23-15-7-4-13(5-8-15)19(25)24-17-10-11-27-18-9-6-14(22)12-16(17)18/h4-9,12,17H,10-11H2,1-3H3,(H,23,26)(H,24,25). The smallest absolute Gasteiger partial charge is 0.412 e. The first-order chi connectivity index (χ1) is 13.2. The Kier molecular flexibility index (Phi) is 5.93. The van der Waals surface area contributed by atoms with Crippen molar-refractivity contribution in [3.05, 3.63) is 58.1 Å². The summed E-state index contributed by atoms with van der Waals surface area (Å²) < 4.78 is 11.8. The van der Waals surface area contributed by atoms with Gasteiger partial charge >= 0.3 is 6.09 Å². The first kappa shape index (κ1) is 20.2. The fourth-order valence-corrected chi connectivity index (χ4v) is 3.26. The van der Waals surface area contributed by atoms with E-state index in [9.17, 15) is 9.59 Å². The molecule has 0 spiro atoms. The van der Waals surface area contributed by atoms with Crippen molar-refractivity contribution >= 4 is 33.6 Å². The Morgan fingerprint density at radius 3 is 2.54 bits per heavy atom. The lowest BCUT2D eigenvalue weighted by molar-refractivity contribution is 0.0635. The minimum atomic E-state index is -0.571. The van der Waals surface area contributed by atoms with Crippen molar-refractivity contribution in [2.75, 3.05) is 11.9 Å². The van der Waals surface area contributed by atoms with E-state index in [2.05, 4.69) is 26.6 Å². The molecule has 1 atom stereocenters. The number of fused-ring (bicyclic) bond motifs is 1. The lowest BCUT2D eigenvalue weighted by Crippen LogP contribution is -2.32. The van der Waals surface area contributed by atoms with Gasteiger partial charge in [0.15, 0.2) is 0 Å². The van der Waals surface area contributed by atoms with Crippen LogP contribution in [0.4, 0.5) is 10.5 Å². The zero-order valence-electron chi connectivity index (χ0n) is 16.0. The highest BCUT2D eigenvalue weighted by molar-refractivity contribution is 9.10. The van der Waals surface area contributed by atoms with Crippen LogP contribution in [0.25, 0.3) is 0 Å². The summed E-state index contributed by atoms with van der Waals surface area (Å²) >= 11 is 3.46. The number of carbonyl (C=O) groups excluding carboxylic acids is 2. The molecule has 2 aromatic rings. The molecular weight excluding hydrogens is 424 g/mol. The van der Waals surface area contributed by atoms with E-state index in [1.807, 2.05) is 18.2 Å². The highest BCUT2D eigenvalue weighted by Crippen LogP contribution is 2.34. The van der Waals surface area contributed by atoms with Gasteiger partial charge in [0, 0.05) is 27.7 Å². The van der Waals surface area contributed by atoms with Gasteiger partial charge in [-0.15, -0.1) is 0 Å². The molecule has 0 aromatic heterocycles. The van der Waals surface area contributed by atoms with E-state index in [1.165, 1.54) is 0 Å². The molecule has 0 bridgehead atoms. The van der Waals surface area contributed by atoms with Gasteiger partial charge in [0.25, 0.3) is 5.91 Å². The SMILES string of the molecule is CC(C)(C)OC(=O)Nc1ccc(C(=O)NC2CCOc3ccc(Br)cc32)cc1. The maximum atomic E-state index is 12.7. The third-order valence-electron chi connectivity index (χ3n) is 4.11. The fourth-order valence-electron chi connectivity index (χ4n) is 2.88. The molecule has 0 saturated heterocycles. The molecule has 1 aliphatic heterocycles. The molecule has 1 unspecified atom stereocenters. The molecule has 6 nitrogen and oxygen atoms in total. The normalized spacial score (nSPS) is 15.8. The van der Waals surface area contributed by atoms with Crippen LogP contribution in [-0.4, -0.2) is 24.2 Å². The van der Waals surface area contributed by atoms with Crippen LogP contribution in [0.2, 0.25) is 0 Å². The van der Waals surface area contributed by atoms with Crippen molar-refractivity contribution in [1.82, 2.24) is 5.32 Å². The Balaban J connectivity index is 1.65. The summed E-state index contributed by atoms with van der Waals surface area (Å²) in [5, 5.41) is 5.71. The van der Waals surface area contributed by atoms with Gasteiger partial charge < -0.3 is 14.8 Å². The number of amides is 2. The van der Waals surface area contributed by atoms with E-state index < -0.39 is 11.7 Å². The van der Waals surface area contributed by atoms with Crippen LogP contribution in [0.1, 0.15) is 49.2 Å². The Bertz CT molecular complexity index is 875. The molecule has 28 heavy (non-hydrogen) atoms. The first-order valence-electron chi connectivity index (χ1n) is 9.04. The summed E-state index contributed by atoms with van der Waals surface area (Å²) in [5.41, 5.74) is 1.46. The molecule has 148 valence electrons. The van der Waals surface area contributed by atoms with Crippen LogP contribution in [0.15, 0.2) is 46.9 Å². The van der Waals surface area contributed by atoms with E-state index in [4.69, 9.17) is 9.47 Å². The number of ether oxygens (including phenoxy) is 2. The van der Waals surface area contributed by atoms with Gasteiger partial charge in [0.1, 0.15) is 11.4 Å². The van der Waals surface area contributed by atoms with Gasteiger partial charge in [-0.2, -0.15) is 0 Å². The van der Waals surface area contributed by atoms with Crippen LogP contribution in [0.3, 0.4) is 0 Å². The second-order valence-corrected chi connectivity index (χ2v) is 8.47. The van der Waals surface area contributed by atoms with Crippen molar-refractivity contribution in [3.8, 4) is 5.75 Å². The number of hydrogen-bond acceptors (Lipinski definition) is 4. The monoisotopic (exact) mass is 446 g/mol. The highest BCUT2D eigenvalue weighted by atomic mass is 79.9. The van der Waals surface area contributed by atoms with Crippen LogP contribution in [0.5, 0.6) is 5.75 Å². The van der Waals surface area contributed by atoms with Crippen molar-refractivity contribution in [3.63, 3.8) is 0 Å². The van der Waals surface area contributed by atoms with Gasteiger partial charge in [-0.25, -0.2) is 4.79 Å². The van der Waals surface area contributed by atoms with E-state index in [0.717, 1.165) is 15.8 Å². The number of nitrogens with one attached hydrogen (secondary N) is 2. The molecule has 7 heteroatoms. The summed E-state index contributed by atoms with van der Waals surface area (Å²) in [6.07, 6.45) is 0.169. The number of carbonyl (C=O) groups is 2. The van der Waals surface area contributed by atoms with Crippen molar-refractivity contribution in [1.29, 1.82) is 0 Å². The number of benzene rings is 2. The van der Waals surface area contributed by atoms with E-state index >= 15 is 0 Å². The molecule has 3 rings (SSSR count). The molecule has 2 aromatic carbocycles. The summed E-state index contributed by atoms with van der Waals surface area (Å²) in [6.45, 7) is 5.95. The van der Waals surface area contributed by atoms with Crippen molar-refractivity contribution < 1.29 is 19.1 Å². The van der Waals surface area contributed by atoms with Crippen LogP contribution in [-0.2, 0) is 4.74 Å². The summed E-state index contributed by atoms with van der Waals surface area (Å²) in [6, 6.07) is 12.3. The molecular formula is C21H23BrN2O4. The lowest BCUT2D eigenvalue weighted by Gasteiger charge is -2.27. The Hall–Kier alpha value is -2.54. The molecule has 0 aliphatic carbocycles. The highest BCUT2D eigenvalue weighted by Gasteiger charge is 2.24. The number of halogens is 1. The molecule has 1 aliphatic rings. The summed E-state index contributed by atoms with van der Waals surface area (Å²) in [7, 11) is 0. The van der Waals surface area contributed by atoms with Crippen molar-refractivity contribution in [2.24, 2.45) is 0 Å². The zero-order chi connectivity index (χ0) is 20.3. The minimum absolute atomic E-state index is 0.117. The Morgan fingerprint density at radius 2 is 1.86 bits per heavy atom. The average Bonchev–Trinajstić information content (AvgIpc) is 2.61. The second-order valence-electron chi connectivity index (χ2n) is 7.55. The Labute approximate surface area is 172 Å². The fraction of sp³-hybridized carbons (Fsp3) is 0.333. The predicted octanol–water partition coefficient (Wildman–Crippen LogP) is 5.05. The van der Waals surface area contributed by atoms with Gasteiger partial charge in [-0.05, 0) is 63.2 Å². The lowest BCUT2D eigenvalue weighted by atomic mass is 10.00. The van der Waals surface area contributed by atoms with Crippen LogP contribution < -0.4 is 15.4 Å².